The van der Waals surface area contributed by atoms with Gasteiger partial charge in [0.25, 0.3) is 0 Å². The van der Waals surface area contributed by atoms with E-state index in [1.54, 1.807) is 18.5 Å². The van der Waals surface area contributed by atoms with Gasteiger partial charge in [-0.3, -0.25) is 30.2 Å². The first-order chi connectivity index (χ1) is 13.9. The monoisotopic (exact) mass is 418 g/mol. The van der Waals surface area contributed by atoms with Crippen molar-refractivity contribution in [3.05, 3.63) is 66.7 Å². The number of nitrogens with zero attached hydrogens (tertiary/aromatic N) is 4. The number of aromatic hydroxyl groups is 1. The van der Waals surface area contributed by atoms with E-state index in [0.717, 1.165) is 16.7 Å². The van der Waals surface area contributed by atoms with Gasteiger partial charge >= 0.3 is 11.4 Å². The second-order valence-corrected chi connectivity index (χ2v) is 6.43. The van der Waals surface area contributed by atoms with Gasteiger partial charge in [0.15, 0.2) is 11.5 Å². The Bertz CT molecular complexity index is 1040. The van der Waals surface area contributed by atoms with Crippen molar-refractivity contribution in [2.24, 2.45) is 9.98 Å². The van der Waals surface area contributed by atoms with Gasteiger partial charge in [-0.2, -0.15) is 0 Å². The summed E-state index contributed by atoms with van der Waals surface area (Å²) in [5.74, 6) is 0.259. The molecular weight excluding hydrogens is 404 g/mol. The Labute approximate surface area is 169 Å². The van der Waals surface area contributed by atoms with Gasteiger partial charge in [0.2, 0.25) is 0 Å². The maximum Gasteiger partial charge on any atom is 0.311 e. The summed E-state index contributed by atoms with van der Waals surface area (Å²) in [6.07, 6.45) is 3.20. The fourth-order valence-corrected chi connectivity index (χ4v) is 2.89. The maximum absolute atomic E-state index is 10.8. The van der Waals surface area contributed by atoms with Crippen LogP contribution >= 0.6 is 11.6 Å². The lowest BCUT2D eigenvalue weighted by Crippen LogP contribution is -2.02. The van der Waals surface area contributed by atoms with Crippen LogP contribution in [-0.4, -0.2) is 39.9 Å². The van der Waals surface area contributed by atoms with Crippen LogP contribution < -0.4 is 4.74 Å². The number of aliphatic imine (C=N–C) groups is 2. The van der Waals surface area contributed by atoms with Crippen molar-refractivity contribution in [3.8, 4) is 11.5 Å². The average Bonchev–Trinajstić information content (AvgIpc) is 3.33. The molecular formula is C18H15ClN4O6. The Hall–Kier alpha value is -3.53. The zero-order valence-corrected chi connectivity index (χ0v) is 15.7. The Balaban J connectivity index is 0.000000169. The molecule has 10 nitrogen and oxygen atoms in total. The Morgan fingerprint density at radius 2 is 1.52 bits per heavy atom. The van der Waals surface area contributed by atoms with Crippen molar-refractivity contribution >= 4 is 35.4 Å². The fourth-order valence-electron chi connectivity index (χ4n) is 2.81. The van der Waals surface area contributed by atoms with Gasteiger partial charge < -0.3 is 9.84 Å². The number of phenols is 1. The molecule has 2 aromatic rings. The van der Waals surface area contributed by atoms with E-state index >= 15 is 0 Å². The number of nitro benzene ring substituents is 2. The number of hydrogen-bond acceptors (Lipinski definition) is 8. The minimum atomic E-state index is -0.609. The molecule has 0 saturated heterocycles. The molecule has 150 valence electrons. The van der Waals surface area contributed by atoms with Crippen LogP contribution in [0.15, 0.2) is 34.3 Å². The van der Waals surface area contributed by atoms with Gasteiger partial charge in [-0.15, -0.1) is 11.6 Å². The van der Waals surface area contributed by atoms with Crippen LogP contribution in [0.1, 0.15) is 22.3 Å². The third-order valence-electron chi connectivity index (χ3n) is 4.17. The van der Waals surface area contributed by atoms with Crippen molar-refractivity contribution in [1.29, 1.82) is 0 Å². The van der Waals surface area contributed by atoms with Crippen LogP contribution in [0.5, 0.6) is 11.5 Å². The largest absolute Gasteiger partial charge is 0.502 e. The lowest BCUT2D eigenvalue weighted by atomic mass is 10.1. The minimum absolute atomic E-state index is 0.0442. The predicted octanol–water partition coefficient (Wildman–Crippen LogP) is 3.38. The number of hydrogen-bond donors (Lipinski definition) is 1. The highest BCUT2D eigenvalue weighted by Crippen LogP contribution is 2.32. The first-order valence-corrected chi connectivity index (χ1v) is 8.94. The molecule has 2 heterocycles. The van der Waals surface area contributed by atoms with E-state index in [9.17, 15) is 25.3 Å². The van der Waals surface area contributed by atoms with Crippen molar-refractivity contribution in [3.63, 3.8) is 0 Å². The summed E-state index contributed by atoms with van der Waals surface area (Å²) < 4.78 is 5.24. The summed E-state index contributed by atoms with van der Waals surface area (Å²) >= 11 is 5.48. The lowest BCUT2D eigenvalue weighted by molar-refractivity contribution is -0.386. The molecule has 1 N–H and O–H groups in total. The van der Waals surface area contributed by atoms with Crippen LogP contribution in [-0.2, 0) is 13.1 Å². The highest BCUT2D eigenvalue weighted by molar-refractivity contribution is 6.18. The number of rotatable bonds is 5. The molecule has 0 spiro atoms. The number of fused-ring (bicyclic) bond motifs is 2. The van der Waals surface area contributed by atoms with E-state index < -0.39 is 9.85 Å². The maximum atomic E-state index is 10.8. The van der Waals surface area contributed by atoms with Crippen molar-refractivity contribution in [2.45, 2.75) is 13.1 Å². The molecule has 0 radical (unpaired) electrons. The third kappa shape index (κ3) is 4.49. The lowest BCUT2D eigenvalue weighted by Gasteiger charge is -2.06. The van der Waals surface area contributed by atoms with E-state index in [1.807, 2.05) is 0 Å². The zero-order chi connectivity index (χ0) is 21.0. The molecule has 2 aliphatic heterocycles. The van der Waals surface area contributed by atoms with Crippen LogP contribution in [0.2, 0.25) is 0 Å². The van der Waals surface area contributed by atoms with Crippen LogP contribution in [0.25, 0.3) is 0 Å². The number of halogens is 1. The fraction of sp³-hybridized carbons (Fsp3) is 0.222. The van der Waals surface area contributed by atoms with E-state index in [2.05, 4.69) is 9.98 Å². The standard InChI is InChI=1S/C10H9ClN2O3.C8H6N2O3/c11-1-2-16-10-4-8-6-12-5-7(8)3-9(10)13(14)15;11-8-2-6-4-9-3-5(6)1-7(8)10(12)13/h3-5H,1-2,6H2;1-3,11H,4H2. The molecule has 4 rings (SSSR count). The van der Waals surface area contributed by atoms with Gasteiger partial charge in [-0.05, 0) is 23.3 Å². The van der Waals surface area contributed by atoms with E-state index in [4.69, 9.17) is 16.3 Å². The SMILES string of the molecule is O=[N+]([O-])c1cc2c(cc1O)CN=C2.O=[N+]([O-])c1cc2c(cc1OCCCl)CN=C2. The Kier molecular flexibility index (Phi) is 6.03. The quantitative estimate of drug-likeness (QED) is 0.448. The summed E-state index contributed by atoms with van der Waals surface area (Å²) in [6.45, 7) is 1.29. The van der Waals surface area contributed by atoms with Gasteiger partial charge in [0.05, 0.1) is 28.8 Å². The normalized spacial score (nSPS) is 12.7. The molecule has 29 heavy (non-hydrogen) atoms. The van der Waals surface area contributed by atoms with Crippen molar-refractivity contribution in [1.82, 2.24) is 0 Å². The number of alkyl halides is 1. The molecule has 2 aromatic carbocycles. The first kappa shape index (κ1) is 20.2. The van der Waals surface area contributed by atoms with Gasteiger partial charge in [0, 0.05) is 35.7 Å². The van der Waals surface area contributed by atoms with Crippen molar-refractivity contribution < 1.29 is 19.7 Å². The summed E-state index contributed by atoms with van der Waals surface area (Å²) in [7, 11) is 0. The molecule has 0 bridgehead atoms. The summed E-state index contributed by atoms with van der Waals surface area (Å²) in [4.78, 5) is 28.2. The molecule has 0 aromatic heterocycles. The van der Waals surface area contributed by atoms with Crippen molar-refractivity contribution in [2.75, 3.05) is 12.5 Å². The molecule has 11 heteroatoms. The number of nitro groups is 2. The Morgan fingerprint density at radius 3 is 2.07 bits per heavy atom. The third-order valence-corrected chi connectivity index (χ3v) is 4.32. The van der Waals surface area contributed by atoms with Crippen LogP contribution in [0, 0.1) is 20.2 Å². The van der Waals surface area contributed by atoms with E-state index in [-0.39, 0.29) is 29.5 Å². The predicted molar refractivity (Wildman–Crippen MR) is 107 cm³/mol. The van der Waals surface area contributed by atoms with E-state index in [0.29, 0.717) is 24.5 Å². The molecule has 0 amide bonds. The number of benzene rings is 2. The summed E-state index contributed by atoms with van der Waals surface area (Å²) in [5, 5.41) is 30.5. The molecule has 0 atom stereocenters. The topological polar surface area (TPSA) is 140 Å². The van der Waals surface area contributed by atoms with Gasteiger partial charge in [0.1, 0.15) is 6.61 Å². The number of ether oxygens (including phenoxy) is 1. The molecule has 0 saturated carbocycles. The summed E-state index contributed by atoms with van der Waals surface area (Å²) in [5.41, 5.74) is 2.94. The molecule has 0 unspecified atom stereocenters. The van der Waals surface area contributed by atoms with Gasteiger partial charge in [-0.1, -0.05) is 0 Å². The molecule has 0 aliphatic carbocycles. The smallest absolute Gasteiger partial charge is 0.311 e. The average molecular weight is 419 g/mol. The minimum Gasteiger partial charge on any atom is -0.502 e. The van der Waals surface area contributed by atoms with E-state index in [1.165, 1.54) is 18.2 Å². The zero-order valence-electron chi connectivity index (χ0n) is 14.9. The molecule has 2 aliphatic rings. The summed E-state index contributed by atoms with van der Waals surface area (Å²) in [6, 6.07) is 5.87. The number of phenolic OH excluding ortho intramolecular Hbond substituents is 1. The second kappa shape index (κ2) is 8.65. The second-order valence-electron chi connectivity index (χ2n) is 6.05. The highest BCUT2D eigenvalue weighted by Gasteiger charge is 2.20. The Morgan fingerprint density at radius 1 is 0.966 bits per heavy atom. The highest BCUT2D eigenvalue weighted by atomic mass is 35.5. The van der Waals surface area contributed by atoms with Gasteiger partial charge in [-0.25, -0.2) is 0 Å². The van der Waals surface area contributed by atoms with Crippen LogP contribution in [0.3, 0.4) is 0 Å². The van der Waals surface area contributed by atoms with Crippen LogP contribution in [0.4, 0.5) is 11.4 Å². The molecule has 0 fully saturated rings. The first-order valence-electron chi connectivity index (χ1n) is 8.40.